The number of methoxy groups -OCH3 is 1. The van der Waals surface area contributed by atoms with Crippen LogP contribution < -0.4 is 5.32 Å². The molecule has 5 heteroatoms. The summed E-state index contributed by atoms with van der Waals surface area (Å²) in [5.74, 6) is -0.0119. The molecular formula is C18H27NO4. The van der Waals surface area contributed by atoms with E-state index < -0.39 is 11.7 Å². The van der Waals surface area contributed by atoms with E-state index in [0.29, 0.717) is 18.6 Å². The van der Waals surface area contributed by atoms with E-state index in [4.69, 9.17) is 9.47 Å². The lowest BCUT2D eigenvalue weighted by Gasteiger charge is -2.23. The van der Waals surface area contributed by atoms with Crippen molar-refractivity contribution in [2.45, 2.75) is 52.2 Å². The van der Waals surface area contributed by atoms with Crippen molar-refractivity contribution in [3.05, 3.63) is 35.4 Å². The molecule has 1 atom stereocenters. The van der Waals surface area contributed by atoms with Crippen molar-refractivity contribution in [1.82, 2.24) is 5.32 Å². The maximum atomic E-state index is 12.4. The molecule has 0 aliphatic heterocycles. The molecule has 5 nitrogen and oxygen atoms in total. The molecule has 1 aromatic carbocycles. The average molecular weight is 321 g/mol. The molecule has 1 aromatic rings. The Kier molecular flexibility index (Phi) is 7.23. The molecule has 0 spiro atoms. The Morgan fingerprint density at radius 1 is 1.17 bits per heavy atom. The number of nitrogens with one attached hydrogen (secondary N) is 1. The van der Waals surface area contributed by atoms with Gasteiger partial charge in [-0.15, -0.1) is 0 Å². The second-order valence-corrected chi connectivity index (χ2v) is 6.62. The van der Waals surface area contributed by atoms with Gasteiger partial charge < -0.3 is 14.8 Å². The molecule has 0 aliphatic carbocycles. The van der Waals surface area contributed by atoms with Crippen LogP contribution >= 0.6 is 0 Å². The van der Waals surface area contributed by atoms with Gasteiger partial charge in [-0.1, -0.05) is 29.8 Å². The van der Waals surface area contributed by atoms with E-state index in [1.807, 2.05) is 19.1 Å². The third kappa shape index (κ3) is 7.79. The van der Waals surface area contributed by atoms with Gasteiger partial charge in [0.15, 0.2) is 5.78 Å². The van der Waals surface area contributed by atoms with Gasteiger partial charge >= 0.3 is 6.09 Å². The standard InChI is InChI=1S/C18H27NO4/c1-13-6-8-14(9-7-13)16(20)12-15(10-11-22-5)19-17(21)23-18(2,3)4/h6-9,15H,10-12H2,1-5H3,(H,19,21). The maximum Gasteiger partial charge on any atom is 0.407 e. The Labute approximate surface area is 138 Å². The number of ketones is 1. The van der Waals surface area contributed by atoms with Crippen LogP contribution in [0.3, 0.4) is 0 Å². The summed E-state index contributed by atoms with van der Waals surface area (Å²) in [6.07, 6.45) is 0.245. The minimum atomic E-state index is -0.573. The van der Waals surface area contributed by atoms with Crippen molar-refractivity contribution in [3.8, 4) is 0 Å². The molecule has 1 N–H and O–H groups in total. The lowest BCUT2D eigenvalue weighted by molar-refractivity contribution is 0.0490. The van der Waals surface area contributed by atoms with Crippen LogP contribution in [0, 0.1) is 6.92 Å². The van der Waals surface area contributed by atoms with Crippen LogP contribution in [-0.4, -0.2) is 37.2 Å². The van der Waals surface area contributed by atoms with Gasteiger partial charge in [-0.25, -0.2) is 4.79 Å². The molecule has 0 saturated carbocycles. The fourth-order valence-corrected chi connectivity index (χ4v) is 2.04. The number of alkyl carbamates (subject to hydrolysis) is 1. The first-order chi connectivity index (χ1) is 10.7. The molecule has 1 rings (SSSR count). The average Bonchev–Trinajstić information content (AvgIpc) is 2.43. The summed E-state index contributed by atoms with van der Waals surface area (Å²) in [6, 6.07) is 7.09. The van der Waals surface area contributed by atoms with Crippen LogP contribution in [0.4, 0.5) is 4.79 Å². The van der Waals surface area contributed by atoms with Crippen molar-refractivity contribution >= 4 is 11.9 Å². The number of ether oxygens (including phenoxy) is 2. The van der Waals surface area contributed by atoms with Crippen molar-refractivity contribution < 1.29 is 19.1 Å². The highest BCUT2D eigenvalue weighted by Crippen LogP contribution is 2.12. The van der Waals surface area contributed by atoms with Crippen molar-refractivity contribution in [1.29, 1.82) is 0 Å². The molecule has 0 aromatic heterocycles. The van der Waals surface area contributed by atoms with Gasteiger partial charge in [0.1, 0.15) is 5.60 Å². The zero-order valence-electron chi connectivity index (χ0n) is 14.6. The molecule has 1 amide bonds. The molecule has 0 bridgehead atoms. The fraction of sp³-hybridized carbons (Fsp3) is 0.556. The van der Waals surface area contributed by atoms with E-state index in [1.165, 1.54) is 0 Å². The first-order valence-electron chi connectivity index (χ1n) is 7.79. The fourth-order valence-electron chi connectivity index (χ4n) is 2.04. The second-order valence-electron chi connectivity index (χ2n) is 6.62. The zero-order chi connectivity index (χ0) is 17.5. The number of Topliss-reactive ketones (excluding diaryl/α,β-unsaturated/α-hetero) is 1. The Bertz CT molecular complexity index is 517. The highest BCUT2D eigenvalue weighted by atomic mass is 16.6. The molecule has 0 aliphatic rings. The SMILES string of the molecule is COCCC(CC(=O)c1ccc(C)cc1)NC(=O)OC(C)(C)C. The number of benzene rings is 1. The van der Waals surface area contributed by atoms with Gasteiger partial charge in [0.05, 0.1) is 0 Å². The molecular weight excluding hydrogens is 294 g/mol. The normalized spacial score (nSPS) is 12.6. The number of carbonyl (C=O) groups excluding carboxylic acids is 2. The number of carbonyl (C=O) groups is 2. The van der Waals surface area contributed by atoms with Gasteiger partial charge in [-0.05, 0) is 34.1 Å². The third-order valence-corrected chi connectivity index (χ3v) is 3.20. The van der Waals surface area contributed by atoms with Gasteiger partial charge in [-0.3, -0.25) is 4.79 Å². The monoisotopic (exact) mass is 321 g/mol. The lowest BCUT2D eigenvalue weighted by Crippen LogP contribution is -2.40. The Balaban J connectivity index is 2.68. The van der Waals surface area contributed by atoms with E-state index in [9.17, 15) is 9.59 Å². The summed E-state index contributed by atoms with van der Waals surface area (Å²) in [5.41, 5.74) is 1.17. The summed E-state index contributed by atoms with van der Waals surface area (Å²) in [7, 11) is 1.59. The van der Waals surface area contributed by atoms with E-state index in [1.54, 1.807) is 40.0 Å². The van der Waals surface area contributed by atoms with Gasteiger partial charge in [0.2, 0.25) is 0 Å². The smallest absolute Gasteiger partial charge is 0.407 e. The van der Waals surface area contributed by atoms with Crippen LogP contribution in [0.1, 0.15) is 49.5 Å². The predicted octanol–water partition coefficient (Wildman–Crippen LogP) is 3.50. The number of amides is 1. The minimum absolute atomic E-state index is 0.0119. The number of rotatable bonds is 7. The molecule has 0 heterocycles. The van der Waals surface area contributed by atoms with Crippen molar-refractivity contribution in [3.63, 3.8) is 0 Å². The van der Waals surface area contributed by atoms with E-state index in [-0.39, 0.29) is 18.2 Å². The van der Waals surface area contributed by atoms with E-state index >= 15 is 0 Å². The van der Waals surface area contributed by atoms with Crippen molar-refractivity contribution in [2.24, 2.45) is 0 Å². The summed E-state index contributed by atoms with van der Waals surface area (Å²) in [6.45, 7) is 7.83. The summed E-state index contributed by atoms with van der Waals surface area (Å²) >= 11 is 0. The third-order valence-electron chi connectivity index (χ3n) is 3.20. The second kappa shape index (κ2) is 8.67. The summed E-state index contributed by atoms with van der Waals surface area (Å²) < 4.78 is 10.3. The first-order valence-corrected chi connectivity index (χ1v) is 7.79. The molecule has 1 unspecified atom stereocenters. The maximum absolute atomic E-state index is 12.4. The molecule has 0 radical (unpaired) electrons. The predicted molar refractivity (Wildman–Crippen MR) is 89.8 cm³/mol. The Morgan fingerprint density at radius 3 is 2.30 bits per heavy atom. The minimum Gasteiger partial charge on any atom is -0.444 e. The quantitative estimate of drug-likeness (QED) is 0.781. The first kappa shape index (κ1) is 19.2. The van der Waals surface area contributed by atoms with Crippen LogP contribution in [0.2, 0.25) is 0 Å². The topological polar surface area (TPSA) is 64.6 Å². The highest BCUT2D eigenvalue weighted by Gasteiger charge is 2.21. The van der Waals surface area contributed by atoms with Crippen LogP contribution in [0.5, 0.6) is 0 Å². The molecule has 23 heavy (non-hydrogen) atoms. The molecule has 0 fully saturated rings. The van der Waals surface area contributed by atoms with Crippen LogP contribution in [0.15, 0.2) is 24.3 Å². The number of hydrogen-bond donors (Lipinski definition) is 1. The van der Waals surface area contributed by atoms with E-state index in [0.717, 1.165) is 5.56 Å². The van der Waals surface area contributed by atoms with Crippen LogP contribution in [-0.2, 0) is 9.47 Å². The van der Waals surface area contributed by atoms with Gasteiger partial charge in [0, 0.05) is 31.7 Å². The Morgan fingerprint density at radius 2 is 1.78 bits per heavy atom. The van der Waals surface area contributed by atoms with Gasteiger partial charge in [-0.2, -0.15) is 0 Å². The van der Waals surface area contributed by atoms with Crippen LogP contribution in [0.25, 0.3) is 0 Å². The number of aryl methyl sites for hydroxylation is 1. The van der Waals surface area contributed by atoms with E-state index in [2.05, 4.69) is 5.32 Å². The van der Waals surface area contributed by atoms with Crippen molar-refractivity contribution in [2.75, 3.05) is 13.7 Å². The molecule has 0 saturated heterocycles. The number of hydrogen-bond acceptors (Lipinski definition) is 4. The Hall–Kier alpha value is -1.88. The molecule has 128 valence electrons. The lowest BCUT2D eigenvalue weighted by atomic mass is 10.0. The summed E-state index contributed by atoms with van der Waals surface area (Å²) in [5, 5.41) is 2.76. The largest absolute Gasteiger partial charge is 0.444 e. The zero-order valence-corrected chi connectivity index (χ0v) is 14.6. The summed E-state index contributed by atoms with van der Waals surface area (Å²) in [4.78, 5) is 24.3. The highest BCUT2D eigenvalue weighted by molar-refractivity contribution is 5.96. The van der Waals surface area contributed by atoms with Gasteiger partial charge in [0.25, 0.3) is 0 Å².